The van der Waals surface area contributed by atoms with Gasteiger partial charge in [-0.05, 0) is 41.4 Å². The van der Waals surface area contributed by atoms with Crippen molar-refractivity contribution in [2.75, 3.05) is 0 Å². The van der Waals surface area contributed by atoms with Crippen molar-refractivity contribution in [1.82, 2.24) is 4.72 Å². The van der Waals surface area contributed by atoms with Gasteiger partial charge < -0.3 is 5.73 Å². The summed E-state index contributed by atoms with van der Waals surface area (Å²) in [5, 5.41) is 0. The first kappa shape index (κ1) is 15.6. The number of sulfonamides is 1. The topological polar surface area (TPSA) is 72.2 Å². The van der Waals surface area contributed by atoms with Gasteiger partial charge in [0.15, 0.2) is 0 Å². The molecule has 0 amide bonds. The first-order valence-electron chi connectivity index (χ1n) is 5.31. The van der Waals surface area contributed by atoms with Crippen LogP contribution in [0.15, 0.2) is 33.6 Å². The van der Waals surface area contributed by atoms with Crippen LogP contribution in [0.2, 0.25) is 0 Å². The summed E-state index contributed by atoms with van der Waals surface area (Å²) in [5.74, 6) is 0. The average molecular weight is 351 g/mol. The first-order valence-corrected chi connectivity index (χ1v) is 8.00. The molecule has 4 nitrogen and oxygen atoms in total. The quantitative estimate of drug-likeness (QED) is 0.798. The lowest BCUT2D eigenvalue weighted by Crippen LogP contribution is -2.53. The zero-order chi connectivity index (χ0) is 14.0. The lowest BCUT2D eigenvalue weighted by atomic mass is 10.0. The molecule has 0 saturated heterocycles. The van der Waals surface area contributed by atoms with Gasteiger partial charge in [0.2, 0.25) is 10.0 Å². The van der Waals surface area contributed by atoms with E-state index in [0.29, 0.717) is 10.9 Å². The van der Waals surface area contributed by atoms with Gasteiger partial charge in [0, 0.05) is 4.47 Å². The van der Waals surface area contributed by atoms with Crippen LogP contribution < -0.4 is 10.5 Å². The Labute approximate surface area is 121 Å². The summed E-state index contributed by atoms with van der Waals surface area (Å²) in [6.07, 6.45) is 0.478. The van der Waals surface area contributed by atoms with Crippen molar-refractivity contribution < 1.29 is 8.42 Å². The molecule has 7 heteroatoms. The van der Waals surface area contributed by atoms with Gasteiger partial charge in [-0.2, -0.15) is 4.72 Å². The van der Waals surface area contributed by atoms with Gasteiger partial charge in [-0.1, -0.05) is 31.3 Å². The molecule has 1 rings (SSSR count). The van der Waals surface area contributed by atoms with E-state index in [1.807, 2.05) is 6.92 Å². The summed E-state index contributed by atoms with van der Waals surface area (Å²) in [6, 6.07) is 6.58. The predicted octanol–water partition coefficient (Wildman–Crippen LogP) is 2.18. The fraction of sp³-hybridized carbons (Fsp3) is 0.364. The first-order chi connectivity index (χ1) is 8.23. The molecule has 0 fully saturated rings. The zero-order valence-electron chi connectivity index (χ0n) is 10.1. The third-order valence-corrected chi connectivity index (χ3v) is 5.80. The van der Waals surface area contributed by atoms with Gasteiger partial charge in [-0.15, -0.1) is 0 Å². The van der Waals surface area contributed by atoms with E-state index in [1.165, 1.54) is 6.07 Å². The standard InChI is InChI=1S/C11H15BrN2O2S2/c1-3-11(2,10(13)17)14-18(15,16)9-7-5-4-6-8(9)12/h4-7,14H,3H2,1-2H3,(H2,13,17). The molecule has 0 spiro atoms. The number of rotatable bonds is 5. The Morgan fingerprint density at radius 1 is 1.50 bits per heavy atom. The van der Waals surface area contributed by atoms with E-state index in [1.54, 1.807) is 25.1 Å². The fourth-order valence-corrected chi connectivity index (χ4v) is 4.03. The normalized spacial score (nSPS) is 15.1. The Morgan fingerprint density at radius 3 is 2.50 bits per heavy atom. The van der Waals surface area contributed by atoms with Gasteiger partial charge in [0.25, 0.3) is 0 Å². The highest BCUT2D eigenvalue weighted by Gasteiger charge is 2.32. The molecule has 1 aromatic carbocycles. The lowest BCUT2D eigenvalue weighted by molar-refractivity contribution is 0.511. The van der Waals surface area contributed by atoms with Crippen LogP contribution in [0.3, 0.4) is 0 Å². The molecular weight excluding hydrogens is 336 g/mol. The summed E-state index contributed by atoms with van der Waals surface area (Å²) in [6.45, 7) is 3.49. The summed E-state index contributed by atoms with van der Waals surface area (Å²) in [4.78, 5) is 0.293. The molecule has 1 atom stereocenters. The predicted molar refractivity (Wildman–Crippen MR) is 79.9 cm³/mol. The van der Waals surface area contributed by atoms with Crippen molar-refractivity contribution in [2.24, 2.45) is 5.73 Å². The highest BCUT2D eigenvalue weighted by molar-refractivity contribution is 9.10. The van der Waals surface area contributed by atoms with Crippen LogP contribution in [0, 0.1) is 0 Å². The molecule has 0 aliphatic heterocycles. The summed E-state index contributed by atoms with van der Waals surface area (Å²) in [7, 11) is -3.67. The number of nitrogens with one attached hydrogen (secondary N) is 1. The van der Waals surface area contributed by atoms with Crippen molar-refractivity contribution in [3.8, 4) is 0 Å². The molecule has 0 aromatic heterocycles. The number of hydrogen-bond donors (Lipinski definition) is 2. The van der Waals surface area contributed by atoms with E-state index >= 15 is 0 Å². The highest BCUT2D eigenvalue weighted by atomic mass is 79.9. The maximum absolute atomic E-state index is 12.3. The number of benzene rings is 1. The van der Waals surface area contributed by atoms with E-state index in [2.05, 4.69) is 20.7 Å². The molecule has 100 valence electrons. The highest BCUT2D eigenvalue weighted by Crippen LogP contribution is 2.23. The monoisotopic (exact) mass is 350 g/mol. The summed E-state index contributed by atoms with van der Waals surface area (Å²) >= 11 is 8.13. The van der Waals surface area contributed by atoms with E-state index in [9.17, 15) is 8.42 Å². The molecule has 1 aromatic rings. The van der Waals surface area contributed by atoms with Gasteiger partial charge in [-0.25, -0.2) is 8.42 Å². The molecule has 0 aliphatic carbocycles. The smallest absolute Gasteiger partial charge is 0.242 e. The molecule has 0 radical (unpaired) electrons. The summed E-state index contributed by atoms with van der Waals surface area (Å²) < 4.78 is 27.6. The van der Waals surface area contributed by atoms with Crippen molar-refractivity contribution in [1.29, 1.82) is 0 Å². The van der Waals surface area contributed by atoms with Crippen LogP contribution in [0.1, 0.15) is 20.3 Å². The molecule has 0 saturated carbocycles. The van der Waals surface area contributed by atoms with Crippen molar-refractivity contribution in [2.45, 2.75) is 30.7 Å². The Kier molecular flexibility index (Phi) is 4.88. The Balaban J connectivity index is 3.18. The Hall–Kier alpha value is -0.500. The van der Waals surface area contributed by atoms with Gasteiger partial charge in [0.1, 0.15) is 0 Å². The van der Waals surface area contributed by atoms with Crippen LogP contribution in [-0.4, -0.2) is 18.9 Å². The molecule has 0 aliphatic rings. The van der Waals surface area contributed by atoms with Gasteiger partial charge >= 0.3 is 0 Å². The number of hydrogen-bond acceptors (Lipinski definition) is 3. The van der Waals surface area contributed by atoms with Crippen LogP contribution in [0.5, 0.6) is 0 Å². The number of nitrogens with two attached hydrogens (primary N) is 1. The second-order valence-electron chi connectivity index (χ2n) is 4.09. The Bertz CT molecular complexity index is 560. The third-order valence-electron chi connectivity index (χ3n) is 2.74. The van der Waals surface area contributed by atoms with E-state index < -0.39 is 15.6 Å². The van der Waals surface area contributed by atoms with Gasteiger partial charge in [-0.3, -0.25) is 0 Å². The van der Waals surface area contributed by atoms with Crippen molar-refractivity contribution in [3.63, 3.8) is 0 Å². The Morgan fingerprint density at radius 2 is 2.06 bits per heavy atom. The molecule has 1 unspecified atom stereocenters. The van der Waals surface area contributed by atoms with Crippen LogP contribution in [0.4, 0.5) is 0 Å². The maximum Gasteiger partial charge on any atom is 0.242 e. The van der Waals surface area contributed by atoms with E-state index in [0.717, 1.165) is 0 Å². The minimum atomic E-state index is -3.67. The lowest BCUT2D eigenvalue weighted by Gasteiger charge is -2.28. The molecule has 0 heterocycles. The van der Waals surface area contributed by atoms with Crippen LogP contribution >= 0.6 is 28.1 Å². The molecule has 0 bridgehead atoms. The largest absolute Gasteiger partial charge is 0.392 e. The van der Waals surface area contributed by atoms with Crippen molar-refractivity contribution in [3.05, 3.63) is 28.7 Å². The number of thiocarbonyl (C=S) groups is 1. The number of halogens is 1. The van der Waals surface area contributed by atoms with Crippen molar-refractivity contribution >= 4 is 43.2 Å². The minimum Gasteiger partial charge on any atom is -0.392 e. The van der Waals surface area contributed by atoms with Crippen LogP contribution in [-0.2, 0) is 10.0 Å². The van der Waals surface area contributed by atoms with E-state index in [-0.39, 0.29) is 9.88 Å². The fourth-order valence-electron chi connectivity index (χ4n) is 1.31. The molecule has 3 N–H and O–H groups in total. The van der Waals surface area contributed by atoms with E-state index in [4.69, 9.17) is 18.0 Å². The van der Waals surface area contributed by atoms with Gasteiger partial charge in [0.05, 0.1) is 15.4 Å². The summed E-state index contributed by atoms with van der Waals surface area (Å²) in [5.41, 5.74) is 4.67. The minimum absolute atomic E-state index is 0.126. The zero-order valence-corrected chi connectivity index (χ0v) is 13.3. The molecule has 18 heavy (non-hydrogen) atoms. The third kappa shape index (κ3) is 3.28. The maximum atomic E-state index is 12.3. The van der Waals surface area contributed by atoms with Crippen LogP contribution in [0.25, 0.3) is 0 Å². The molecular formula is C11H15BrN2O2S2. The second kappa shape index (κ2) is 5.64. The SMILES string of the molecule is CCC(C)(NS(=O)(=O)c1ccccc1Br)C(N)=S. The second-order valence-corrected chi connectivity index (χ2v) is 7.03. The average Bonchev–Trinajstić information content (AvgIpc) is 2.28.